The first kappa shape index (κ1) is 21.3. The topological polar surface area (TPSA) is 35.2 Å². The second-order valence-electron chi connectivity index (χ2n) is 10.2. The van der Waals surface area contributed by atoms with Crippen LogP contribution in [-0.2, 0) is 4.43 Å². The van der Waals surface area contributed by atoms with E-state index in [9.17, 15) is 0 Å². The second kappa shape index (κ2) is 8.14. The van der Waals surface area contributed by atoms with Gasteiger partial charge in [0.25, 0.3) is 8.32 Å². The minimum atomic E-state index is -2.42. The van der Waals surface area contributed by atoms with Gasteiger partial charge in [-0.1, -0.05) is 81.4 Å². The zero-order valence-electron chi connectivity index (χ0n) is 18.2. The van der Waals surface area contributed by atoms with Crippen molar-refractivity contribution in [2.75, 3.05) is 6.61 Å². The minimum Gasteiger partial charge on any atom is -0.407 e. The summed E-state index contributed by atoms with van der Waals surface area (Å²) in [4.78, 5) is 0. The van der Waals surface area contributed by atoms with Gasteiger partial charge in [-0.2, -0.15) is 0 Å². The average molecular weight is 396 g/mol. The average Bonchev–Trinajstić information content (AvgIpc) is 3.12. The molecule has 0 heterocycles. The zero-order valence-corrected chi connectivity index (χ0v) is 19.2. The highest BCUT2D eigenvalue weighted by Gasteiger charge is 2.50. The summed E-state index contributed by atoms with van der Waals surface area (Å²) in [6.07, 6.45) is 3.63. The molecule has 1 fully saturated rings. The highest BCUT2D eigenvalue weighted by molar-refractivity contribution is 6.99. The number of rotatable bonds is 6. The van der Waals surface area contributed by atoms with Crippen LogP contribution in [0.3, 0.4) is 0 Å². The van der Waals surface area contributed by atoms with E-state index >= 15 is 0 Å². The van der Waals surface area contributed by atoms with Crippen molar-refractivity contribution >= 4 is 18.7 Å². The molecule has 0 saturated heterocycles. The molecule has 1 aliphatic carbocycles. The van der Waals surface area contributed by atoms with Crippen molar-refractivity contribution < 1.29 is 4.43 Å². The van der Waals surface area contributed by atoms with Gasteiger partial charge in [0.15, 0.2) is 0 Å². The van der Waals surface area contributed by atoms with Gasteiger partial charge >= 0.3 is 0 Å². The lowest BCUT2D eigenvalue weighted by Crippen LogP contribution is -2.66. The molecule has 1 saturated carbocycles. The molecule has 1 aliphatic rings. The van der Waals surface area contributed by atoms with E-state index in [1.807, 2.05) is 0 Å². The number of benzene rings is 2. The van der Waals surface area contributed by atoms with Gasteiger partial charge in [0.05, 0.1) is 0 Å². The van der Waals surface area contributed by atoms with Crippen molar-refractivity contribution in [1.82, 2.24) is 0 Å². The van der Waals surface area contributed by atoms with Gasteiger partial charge in [-0.3, -0.25) is 0 Å². The molecule has 2 aromatic rings. The molecule has 3 heteroatoms. The van der Waals surface area contributed by atoms with Gasteiger partial charge in [0, 0.05) is 12.1 Å². The molecule has 2 N–H and O–H groups in total. The monoisotopic (exact) mass is 395 g/mol. The van der Waals surface area contributed by atoms with Crippen LogP contribution in [0.15, 0.2) is 60.7 Å². The summed E-state index contributed by atoms with van der Waals surface area (Å²) < 4.78 is 7.11. The summed E-state index contributed by atoms with van der Waals surface area (Å²) in [5, 5.41) is 2.77. The first-order valence-electron chi connectivity index (χ1n) is 10.7. The van der Waals surface area contributed by atoms with Crippen LogP contribution in [0, 0.1) is 11.8 Å². The highest BCUT2D eigenvalue weighted by Crippen LogP contribution is 2.40. The van der Waals surface area contributed by atoms with Crippen molar-refractivity contribution in [1.29, 1.82) is 0 Å². The molecule has 0 spiro atoms. The lowest BCUT2D eigenvalue weighted by Gasteiger charge is -2.43. The van der Waals surface area contributed by atoms with Gasteiger partial charge in [0.1, 0.15) is 0 Å². The second-order valence-corrected chi connectivity index (χ2v) is 14.5. The van der Waals surface area contributed by atoms with Crippen molar-refractivity contribution in [3.63, 3.8) is 0 Å². The van der Waals surface area contributed by atoms with Crippen LogP contribution in [0.2, 0.25) is 5.04 Å². The van der Waals surface area contributed by atoms with Gasteiger partial charge in [-0.25, -0.2) is 0 Å². The molecule has 3 rings (SSSR count). The van der Waals surface area contributed by atoms with E-state index < -0.39 is 8.32 Å². The maximum atomic E-state index is 7.11. The van der Waals surface area contributed by atoms with E-state index in [1.165, 1.54) is 29.6 Å². The van der Waals surface area contributed by atoms with Crippen LogP contribution in [0.5, 0.6) is 0 Å². The SMILES string of the molecule is CC(C)(N)C1CC[C@H](CO[Si](c2ccccc2)(c2ccccc2)C(C)(C)C)C1. The summed E-state index contributed by atoms with van der Waals surface area (Å²) in [6.45, 7) is 12.2. The predicted octanol–water partition coefficient (Wildman–Crippen LogP) is 4.72. The van der Waals surface area contributed by atoms with E-state index in [2.05, 4.69) is 95.3 Å². The number of hydrogen-bond acceptors (Lipinski definition) is 2. The predicted molar refractivity (Wildman–Crippen MR) is 123 cm³/mol. The smallest absolute Gasteiger partial charge is 0.261 e. The third kappa shape index (κ3) is 4.27. The lowest BCUT2D eigenvalue weighted by atomic mass is 9.86. The molecule has 28 heavy (non-hydrogen) atoms. The fourth-order valence-electron chi connectivity index (χ4n) is 4.91. The highest BCUT2D eigenvalue weighted by atomic mass is 28.4. The third-order valence-corrected chi connectivity index (χ3v) is 11.6. The summed E-state index contributed by atoms with van der Waals surface area (Å²) in [7, 11) is -2.42. The Kier molecular flexibility index (Phi) is 6.19. The van der Waals surface area contributed by atoms with Crippen LogP contribution in [0.4, 0.5) is 0 Å². The quantitative estimate of drug-likeness (QED) is 0.719. The maximum absolute atomic E-state index is 7.11. The Morgan fingerprint density at radius 2 is 1.36 bits per heavy atom. The minimum absolute atomic E-state index is 0.0425. The molecule has 0 amide bonds. The Morgan fingerprint density at radius 1 is 0.857 bits per heavy atom. The van der Waals surface area contributed by atoms with E-state index in [0.29, 0.717) is 11.8 Å². The molecule has 2 atom stereocenters. The molecular weight excluding hydrogens is 358 g/mol. The van der Waals surface area contributed by atoms with Crippen LogP contribution >= 0.6 is 0 Å². The molecule has 0 aromatic heterocycles. The standard InChI is InChI=1S/C25H37NOSi/c1-24(2,3)28(22-12-8-6-9-13-22,23-14-10-7-11-15-23)27-19-20-16-17-21(18-20)25(4,5)26/h6-15,20-21H,16-19,26H2,1-5H3/t20-,21?/m0/s1. The fourth-order valence-corrected chi connectivity index (χ4v) is 9.55. The van der Waals surface area contributed by atoms with Crippen molar-refractivity contribution in [3.05, 3.63) is 60.7 Å². The van der Waals surface area contributed by atoms with Gasteiger partial charge in [-0.15, -0.1) is 0 Å². The van der Waals surface area contributed by atoms with Crippen molar-refractivity contribution in [2.24, 2.45) is 17.6 Å². The normalized spacial score (nSPS) is 21.1. The third-order valence-electron chi connectivity index (χ3n) is 6.55. The van der Waals surface area contributed by atoms with Crippen LogP contribution in [0.25, 0.3) is 0 Å². The maximum Gasteiger partial charge on any atom is 0.261 e. The van der Waals surface area contributed by atoms with Gasteiger partial charge in [0.2, 0.25) is 0 Å². The van der Waals surface area contributed by atoms with Crippen LogP contribution in [0.1, 0.15) is 53.9 Å². The molecule has 0 radical (unpaired) electrons. The van der Waals surface area contributed by atoms with Crippen molar-refractivity contribution in [3.8, 4) is 0 Å². The first-order valence-corrected chi connectivity index (χ1v) is 12.6. The lowest BCUT2D eigenvalue weighted by molar-refractivity contribution is 0.225. The Labute approximate surface area is 172 Å². The summed E-state index contributed by atoms with van der Waals surface area (Å²) >= 11 is 0. The Balaban J connectivity index is 1.94. The zero-order chi connectivity index (χ0) is 20.4. The number of hydrogen-bond donors (Lipinski definition) is 1. The van der Waals surface area contributed by atoms with Crippen LogP contribution < -0.4 is 16.1 Å². The number of nitrogens with two attached hydrogens (primary N) is 1. The molecular formula is C25H37NOSi. The van der Waals surface area contributed by atoms with Crippen LogP contribution in [-0.4, -0.2) is 20.5 Å². The van der Waals surface area contributed by atoms with Crippen molar-refractivity contribution in [2.45, 2.75) is 64.5 Å². The van der Waals surface area contributed by atoms with E-state index in [4.69, 9.17) is 10.2 Å². The first-order chi connectivity index (χ1) is 13.1. The molecule has 2 nitrogen and oxygen atoms in total. The molecule has 0 aliphatic heterocycles. The Bertz CT molecular complexity index is 706. The van der Waals surface area contributed by atoms with E-state index in [0.717, 1.165) is 6.61 Å². The fraction of sp³-hybridized carbons (Fsp3) is 0.520. The Hall–Kier alpha value is -1.42. The summed E-state index contributed by atoms with van der Waals surface area (Å²) in [5.41, 5.74) is 6.31. The molecule has 1 unspecified atom stereocenters. The van der Waals surface area contributed by atoms with Gasteiger partial charge in [-0.05, 0) is 60.4 Å². The Morgan fingerprint density at radius 3 is 1.75 bits per heavy atom. The van der Waals surface area contributed by atoms with Gasteiger partial charge < -0.3 is 10.2 Å². The molecule has 2 aromatic carbocycles. The van der Waals surface area contributed by atoms with E-state index in [-0.39, 0.29) is 10.6 Å². The molecule has 152 valence electrons. The largest absolute Gasteiger partial charge is 0.407 e. The molecule has 0 bridgehead atoms. The van der Waals surface area contributed by atoms with E-state index in [1.54, 1.807) is 0 Å². The summed E-state index contributed by atoms with van der Waals surface area (Å²) in [5.74, 6) is 1.20. The summed E-state index contributed by atoms with van der Waals surface area (Å²) in [6, 6.07) is 21.9.